The number of aromatic nitrogens is 4. The number of nitriles is 1. The molecule has 3 rings (SSSR count). The third-order valence-electron chi connectivity index (χ3n) is 2.60. The Bertz CT molecular complexity index is 801. The van der Waals surface area contributed by atoms with Crippen molar-refractivity contribution in [1.29, 1.82) is 5.26 Å². The highest BCUT2D eigenvalue weighted by molar-refractivity contribution is 6.35. The van der Waals surface area contributed by atoms with Gasteiger partial charge in [0.25, 0.3) is 0 Å². The van der Waals surface area contributed by atoms with Gasteiger partial charge in [-0.3, -0.25) is 0 Å². The zero-order chi connectivity index (χ0) is 13.4. The number of nitrogens with zero attached hydrogens (tertiary/aromatic N) is 5. The van der Waals surface area contributed by atoms with Gasteiger partial charge in [-0.1, -0.05) is 11.6 Å². The van der Waals surface area contributed by atoms with Crippen molar-refractivity contribution in [2.75, 3.05) is 0 Å². The molecule has 92 valence electrons. The highest BCUT2D eigenvalue weighted by Gasteiger charge is 2.11. The van der Waals surface area contributed by atoms with Gasteiger partial charge in [-0.2, -0.15) is 15.3 Å². The first-order valence-electron chi connectivity index (χ1n) is 5.26. The molecule has 0 bridgehead atoms. The Labute approximate surface area is 118 Å². The standard InChI is InChI=1S/C12H5Cl2N5/c13-10-9-6-16-19(11(9)18-12(14)17-10)8-3-1-7(5-15)2-4-8/h1-4,6H. The molecule has 7 heteroatoms. The number of halogens is 2. The largest absolute Gasteiger partial charge is 0.225 e. The summed E-state index contributed by atoms with van der Waals surface area (Å²) in [5, 5.41) is 13.9. The second kappa shape index (κ2) is 4.50. The van der Waals surface area contributed by atoms with Crippen LogP contribution in [0, 0.1) is 11.3 Å². The number of rotatable bonds is 1. The summed E-state index contributed by atoms with van der Waals surface area (Å²) in [6.07, 6.45) is 1.58. The second-order valence-electron chi connectivity index (χ2n) is 3.74. The third-order valence-corrected chi connectivity index (χ3v) is 3.05. The maximum Gasteiger partial charge on any atom is 0.225 e. The fraction of sp³-hybridized carbons (Fsp3) is 0. The molecule has 0 saturated carbocycles. The third kappa shape index (κ3) is 2.01. The van der Waals surface area contributed by atoms with Gasteiger partial charge in [-0.15, -0.1) is 0 Å². The lowest BCUT2D eigenvalue weighted by Gasteiger charge is -2.03. The SMILES string of the molecule is N#Cc1ccc(-n2ncc3c(Cl)nc(Cl)nc32)cc1. The van der Waals surface area contributed by atoms with Gasteiger partial charge in [0.05, 0.1) is 28.9 Å². The Morgan fingerprint density at radius 3 is 2.53 bits per heavy atom. The summed E-state index contributed by atoms with van der Waals surface area (Å²) >= 11 is 11.8. The van der Waals surface area contributed by atoms with Gasteiger partial charge in [0.2, 0.25) is 5.28 Å². The molecule has 0 aliphatic carbocycles. The molecule has 0 N–H and O–H groups in total. The molecule has 0 unspecified atom stereocenters. The van der Waals surface area contributed by atoms with Crippen LogP contribution in [0.15, 0.2) is 30.5 Å². The van der Waals surface area contributed by atoms with E-state index in [9.17, 15) is 0 Å². The van der Waals surface area contributed by atoms with Crippen LogP contribution in [-0.4, -0.2) is 19.7 Å². The summed E-state index contributed by atoms with van der Waals surface area (Å²) in [5.41, 5.74) is 1.86. The summed E-state index contributed by atoms with van der Waals surface area (Å²) in [6, 6.07) is 9.01. The van der Waals surface area contributed by atoms with E-state index in [1.54, 1.807) is 35.1 Å². The average molecular weight is 290 g/mol. The van der Waals surface area contributed by atoms with Crippen molar-refractivity contribution < 1.29 is 0 Å². The first-order valence-corrected chi connectivity index (χ1v) is 6.02. The minimum absolute atomic E-state index is 0.0629. The topological polar surface area (TPSA) is 67.4 Å². The molecule has 3 aromatic rings. The van der Waals surface area contributed by atoms with Gasteiger partial charge in [0.15, 0.2) is 5.65 Å². The predicted molar refractivity (Wildman–Crippen MR) is 71.4 cm³/mol. The summed E-state index contributed by atoms with van der Waals surface area (Å²) in [4.78, 5) is 7.98. The van der Waals surface area contributed by atoms with Gasteiger partial charge in [0, 0.05) is 0 Å². The normalized spacial score (nSPS) is 10.6. The summed E-state index contributed by atoms with van der Waals surface area (Å²) in [5.74, 6) is 0. The number of fused-ring (bicyclic) bond motifs is 1. The Morgan fingerprint density at radius 2 is 1.84 bits per heavy atom. The fourth-order valence-corrected chi connectivity index (χ4v) is 2.14. The molecule has 2 aromatic heterocycles. The maximum atomic E-state index is 8.78. The van der Waals surface area contributed by atoms with E-state index in [2.05, 4.69) is 21.1 Å². The lowest BCUT2D eigenvalue weighted by Crippen LogP contribution is -1.98. The summed E-state index contributed by atoms with van der Waals surface area (Å²) in [6.45, 7) is 0. The van der Waals surface area contributed by atoms with Crippen LogP contribution >= 0.6 is 23.2 Å². The minimum Gasteiger partial charge on any atom is -0.215 e. The Morgan fingerprint density at radius 1 is 1.11 bits per heavy atom. The number of benzene rings is 1. The van der Waals surface area contributed by atoms with E-state index < -0.39 is 0 Å². The molecule has 5 nitrogen and oxygen atoms in total. The van der Waals surface area contributed by atoms with Crippen LogP contribution in [-0.2, 0) is 0 Å². The molecule has 0 spiro atoms. The maximum absolute atomic E-state index is 8.78. The van der Waals surface area contributed by atoms with Crippen LogP contribution in [0.25, 0.3) is 16.7 Å². The van der Waals surface area contributed by atoms with Crippen LogP contribution in [0.1, 0.15) is 5.56 Å². The molecular weight excluding hydrogens is 285 g/mol. The molecule has 0 fully saturated rings. The van der Waals surface area contributed by atoms with Gasteiger partial charge in [0.1, 0.15) is 5.15 Å². The average Bonchev–Trinajstić information content (AvgIpc) is 2.83. The highest BCUT2D eigenvalue weighted by atomic mass is 35.5. The van der Waals surface area contributed by atoms with E-state index in [-0.39, 0.29) is 10.4 Å². The molecule has 0 atom stereocenters. The molecule has 2 heterocycles. The van der Waals surface area contributed by atoms with Crippen molar-refractivity contribution in [2.24, 2.45) is 0 Å². The van der Waals surface area contributed by atoms with Crippen LogP contribution < -0.4 is 0 Å². The quantitative estimate of drug-likeness (QED) is 0.510. The van der Waals surface area contributed by atoms with Crippen molar-refractivity contribution in [3.05, 3.63) is 46.5 Å². The first kappa shape index (κ1) is 11.9. The molecule has 19 heavy (non-hydrogen) atoms. The van der Waals surface area contributed by atoms with Crippen LogP contribution in [0.4, 0.5) is 0 Å². The summed E-state index contributed by atoms with van der Waals surface area (Å²) in [7, 11) is 0. The van der Waals surface area contributed by atoms with Crippen molar-refractivity contribution in [1.82, 2.24) is 19.7 Å². The van der Waals surface area contributed by atoms with E-state index in [0.717, 1.165) is 5.69 Å². The van der Waals surface area contributed by atoms with E-state index in [4.69, 9.17) is 28.5 Å². The van der Waals surface area contributed by atoms with Gasteiger partial charge >= 0.3 is 0 Å². The van der Waals surface area contributed by atoms with Gasteiger partial charge in [-0.25, -0.2) is 9.67 Å². The fourth-order valence-electron chi connectivity index (χ4n) is 1.71. The number of hydrogen-bond acceptors (Lipinski definition) is 4. The van der Waals surface area contributed by atoms with Crippen molar-refractivity contribution in [3.63, 3.8) is 0 Å². The Balaban J connectivity index is 2.22. The Kier molecular flexibility index (Phi) is 2.82. The molecule has 0 aliphatic heterocycles. The summed E-state index contributed by atoms with van der Waals surface area (Å²) < 4.78 is 1.59. The van der Waals surface area contributed by atoms with Crippen LogP contribution in [0.2, 0.25) is 10.4 Å². The zero-order valence-corrected chi connectivity index (χ0v) is 10.9. The smallest absolute Gasteiger partial charge is 0.215 e. The van der Waals surface area contributed by atoms with E-state index >= 15 is 0 Å². The van der Waals surface area contributed by atoms with Crippen LogP contribution in [0.5, 0.6) is 0 Å². The zero-order valence-electron chi connectivity index (χ0n) is 9.38. The lowest BCUT2D eigenvalue weighted by atomic mass is 10.2. The van der Waals surface area contributed by atoms with E-state index in [0.29, 0.717) is 16.6 Å². The monoisotopic (exact) mass is 289 g/mol. The lowest BCUT2D eigenvalue weighted by molar-refractivity contribution is 0.895. The highest BCUT2D eigenvalue weighted by Crippen LogP contribution is 2.23. The minimum atomic E-state index is 0.0629. The van der Waals surface area contributed by atoms with E-state index in [1.807, 2.05) is 0 Å². The van der Waals surface area contributed by atoms with Gasteiger partial charge in [-0.05, 0) is 35.9 Å². The molecule has 0 amide bonds. The van der Waals surface area contributed by atoms with Crippen molar-refractivity contribution >= 4 is 34.2 Å². The van der Waals surface area contributed by atoms with E-state index in [1.165, 1.54) is 0 Å². The second-order valence-corrected chi connectivity index (χ2v) is 4.43. The molecular formula is C12H5Cl2N5. The molecule has 0 saturated heterocycles. The Hall–Kier alpha value is -2.16. The van der Waals surface area contributed by atoms with Crippen molar-refractivity contribution in [2.45, 2.75) is 0 Å². The first-order chi connectivity index (χ1) is 9.19. The number of hydrogen-bond donors (Lipinski definition) is 0. The molecule has 0 radical (unpaired) electrons. The van der Waals surface area contributed by atoms with Crippen molar-refractivity contribution in [3.8, 4) is 11.8 Å². The molecule has 0 aliphatic rings. The van der Waals surface area contributed by atoms with Gasteiger partial charge < -0.3 is 0 Å². The predicted octanol–water partition coefficient (Wildman–Crippen LogP) is 2.99. The molecule has 1 aromatic carbocycles. The van der Waals surface area contributed by atoms with Crippen LogP contribution in [0.3, 0.4) is 0 Å².